The normalized spacial score (nSPS) is 18.3. The Balaban J connectivity index is 2.08. The van der Waals surface area contributed by atoms with Crippen LogP contribution in [0.2, 0.25) is 0 Å². The summed E-state index contributed by atoms with van der Waals surface area (Å²) in [6.07, 6.45) is 2.32. The molecule has 1 aliphatic rings. The molecule has 0 aliphatic carbocycles. The number of amides is 1. The topological polar surface area (TPSA) is 83.0 Å². The van der Waals surface area contributed by atoms with Gasteiger partial charge in [-0.25, -0.2) is 0 Å². The molecular weight excluding hydrogens is 382 g/mol. The predicted molar refractivity (Wildman–Crippen MR) is 114 cm³/mol. The monoisotopic (exact) mass is 409 g/mol. The summed E-state index contributed by atoms with van der Waals surface area (Å²) in [5, 5.41) is 11.1. The lowest BCUT2D eigenvalue weighted by atomic mass is 9.97. The van der Waals surface area contributed by atoms with Crippen LogP contribution in [0.3, 0.4) is 0 Å². The van der Waals surface area contributed by atoms with Gasteiger partial charge in [0, 0.05) is 18.3 Å². The zero-order valence-electron chi connectivity index (χ0n) is 17.8. The number of nitrogens with zero attached hydrogens (tertiary/aromatic N) is 3. The Morgan fingerprint density at radius 1 is 1.23 bits per heavy atom. The smallest absolute Gasteiger partial charge is 0.295 e. The van der Waals surface area contributed by atoms with Gasteiger partial charge in [-0.2, -0.15) is 0 Å². The quantitative estimate of drug-likeness (QED) is 0.430. The Labute approximate surface area is 176 Å². The summed E-state index contributed by atoms with van der Waals surface area (Å²) >= 11 is 0. The minimum Gasteiger partial charge on any atom is -0.507 e. The molecule has 30 heavy (non-hydrogen) atoms. The van der Waals surface area contributed by atoms with Crippen molar-refractivity contribution in [3.63, 3.8) is 0 Å². The minimum atomic E-state index is -0.726. The number of aromatic nitrogens is 1. The van der Waals surface area contributed by atoms with Crippen LogP contribution in [0.15, 0.2) is 48.2 Å². The first-order chi connectivity index (χ1) is 14.3. The second-order valence-corrected chi connectivity index (χ2v) is 7.59. The van der Waals surface area contributed by atoms with Crippen LogP contribution in [0.5, 0.6) is 5.75 Å². The Morgan fingerprint density at radius 2 is 2.00 bits per heavy atom. The third kappa shape index (κ3) is 4.21. The van der Waals surface area contributed by atoms with Crippen LogP contribution in [-0.4, -0.2) is 65.9 Å². The number of ether oxygens (including phenoxy) is 1. The summed E-state index contributed by atoms with van der Waals surface area (Å²) in [6.45, 7) is 3.02. The number of Topliss-reactive ketones (excluding diaryl/α,β-unsaturated/α-hetero) is 1. The van der Waals surface area contributed by atoms with E-state index in [-0.39, 0.29) is 11.3 Å². The number of ketones is 1. The number of benzene rings is 1. The van der Waals surface area contributed by atoms with Crippen molar-refractivity contribution in [1.82, 2.24) is 14.8 Å². The number of aryl methyl sites for hydroxylation is 1. The molecule has 0 spiro atoms. The molecule has 1 aromatic heterocycles. The third-order valence-electron chi connectivity index (χ3n) is 5.18. The van der Waals surface area contributed by atoms with Crippen molar-refractivity contribution in [2.24, 2.45) is 0 Å². The molecule has 2 aromatic rings. The van der Waals surface area contributed by atoms with E-state index < -0.39 is 17.7 Å². The van der Waals surface area contributed by atoms with E-state index in [1.807, 2.05) is 25.9 Å². The van der Waals surface area contributed by atoms with Crippen LogP contribution in [0.1, 0.15) is 29.3 Å². The molecule has 158 valence electrons. The average Bonchev–Trinajstić information content (AvgIpc) is 2.98. The van der Waals surface area contributed by atoms with Gasteiger partial charge >= 0.3 is 0 Å². The lowest BCUT2D eigenvalue weighted by molar-refractivity contribution is -0.140. The van der Waals surface area contributed by atoms with Crippen molar-refractivity contribution in [3.8, 4) is 5.75 Å². The fourth-order valence-electron chi connectivity index (χ4n) is 3.69. The van der Waals surface area contributed by atoms with Crippen LogP contribution in [0.25, 0.3) is 5.76 Å². The minimum absolute atomic E-state index is 0.0631. The highest BCUT2D eigenvalue weighted by Gasteiger charge is 2.46. The Hall–Kier alpha value is -3.19. The molecular formula is C23H27N3O4. The predicted octanol–water partition coefficient (Wildman–Crippen LogP) is 2.77. The number of methoxy groups -OCH3 is 1. The highest BCUT2D eigenvalue weighted by atomic mass is 16.5. The van der Waals surface area contributed by atoms with Crippen molar-refractivity contribution in [2.75, 3.05) is 34.3 Å². The lowest BCUT2D eigenvalue weighted by Crippen LogP contribution is -2.32. The molecule has 1 fully saturated rings. The maximum atomic E-state index is 12.9. The van der Waals surface area contributed by atoms with Crippen molar-refractivity contribution in [2.45, 2.75) is 19.4 Å². The van der Waals surface area contributed by atoms with Crippen molar-refractivity contribution >= 4 is 17.4 Å². The molecule has 7 heteroatoms. The molecule has 0 radical (unpaired) electrons. The summed E-state index contributed by atoms with van der Waals surface area (Å²) in [5.41, 5.74) is 1.89. The van der Waals surface area contributed by atoms with Gasteiger partial charge in [-0.3, -0.25) is 14.6 Å². The number of rotatable bonds is 7. The maximum Gasteiger partial charge on any atom is 0.295 e. The first-order valence-corrected chi connectivity index (χ1v) is 9.84. The van der Waals surface area contributed by atoms with E-state index in [0.29, 0.717) is 30.0 Å². The van der Waals surface area contributed by atoms with Gasteiger partial charge < -0.3 is 19.6 Å². The lowest BCUT2D eigenvalue weighted by Gasteiger charge is -2.25. The Kier molecular flexibility index (Phi) is 6.52. The van der Waals surface area contributed by atoms with E-state index in [0.717, 1.165) is 12.1 Å². The van der Waals surface area contributed by atoms with Crippen molar-refractivity contribution in [1.29, 1.82) is 0 Å². The zero-order chi connectivity index (χ0) is 21.8. The molecule has 1 aliphatic heterocycles. The highest BCUT2D eigenvalue weighted by Crippen LogP contribution is 2.39. The second-order valence-electron chi connectivity index (χ2n) is 7.59. The zero-order valence-corrected chi connectivity index (χ0v) is 17.8. The summed E-state index contributed by atoms with van der Waals surface area (Å²) in [6, 6.07) is 9.76. The number of aliphatic hydroxyl groups is 1. The van der Waals surface area contributed by atoms with E-state index in [1.165, 1.54) is 4.90 Å². The van der Waals surface area contributed by atoms with Gasteiger partial charge in [0.05, 0.1) is 18.4 Å². The number of hydrogen-bond donors (Lipinski definition) is 1. The van der Waals surface area contributed by atoms with Crippen LogP contribution in [0, 0.1) is 6.92 Å². The molecule has 0 saturated carbocycles. The summed E-state index contributed by atoms with van der Waals surface area (Å²) < 4.78 is 5.27. The van der Waals surface area contributed by atoms with Gasteiger partial charge in [-0.1, -0.05) is 6.07 Å². The van der Waals surface area contributed by atoms with Crippen molar-refractivity contribution < 1.29 is 19.4 Å². The maximum absolute atomic E-state index is 12.9. The van der Waals surface area contributed by atoms with Gasteiger partial charge in [-0.05, 0) is 69.9 Å². The Morgan fingerprint density at radius 3 is 2.60 bits per heavy atom. The standard InChI is InChI=1S/C23H27N3O4/c1-15-14-16(9-10-18(15)30-4)21(27)19-20(17-8-5-6-11-24-17)26(23(29)22(19)28)13-7-12-25(2)3/h5-6,8-11,14,20,27H,7,12-13H2,1-4H3/b21-19+. The van der Waals surface area contributed by atoms with E-state index >= 15 is 0 Å². The van der Waals surface area contributed by atoms with E-state index in [2.05, 4.69) is 4.98 Å². The van der Waals surface area contributed by atoms with Gasteiger partial charge in [0.15, 0.2) is 0 Å². The summed E-state index contributed by atoms with van der Waals surface area (Å²) in [5.74, 6) is -0.834. The van der Waals surface area contributed by atoms with Crippen LogP contribution in [0.4, 0.5) is 0 Å². The SMILES string of the molecule is COc1ccc(/C(O)=C2\C(=O)C(=O)N(CCCN(C)C)C2c2ccccn2)cc1C. The first kappa shape index (κ1) is 21.5. The molecule has 1 aromatic carbocycles. The molecule has 1 saturated heterocycles. The van der Waals surface area contributed by atoms with Gasteiger partial charge in [-0.15, -0.1) is 0 Å². The largest absolute Gasteiger partial charge is 0.507 e. The molecule has 1 N–H and O–H groups in total. The van der Waals surface area contributed by atoms with Crippen LogP contribution < -0.4 is 4.74 Å². The van der Waals surface area contributed by atoms with E-state index in [1.54, 1.807) is 49.7 Å². The highest BCUT2D eigenvalue weighted by molar-refractivity contribution is 6.46. The fraction of sp³-hybridized carbons (Fsp3) is 0.348. The third-order valence-corrected chi connectivity index (χ3v) is 5.18. The summed E-state index contributed by atoms with van der Waals surface area (Å²) in [7, 11) is 5.48. The molecule has 3 rings (SSSR count). The molecule has 0 bridgehead atoms. The van der Waals surface area contributed by atoms with Crippen LogP contribution >= 0.6 is 0 Å². The molecule has 1 atom stereocenters. The number of pyridine rings is 1. The first-order valence-electron chi connectivity index (χ1n) is 9.84. The molecule has 7 nitrogen and oxygen atoms in total. The summed E-state index contributed by atoms with van der Waals surface area (Å²) in [4.78, 5) is 33.7. The van der Waals surface area contributed by atoms with E-state index in [4.69, 9.17) is 4.74 Å². The van der Waals surface area contributed by atoms with Gasteiger partial charge in [0.1, 0.15) is 17.6 Å². The molecule has 2 heterocycles. The number of hydrogen-bond acceptors (Lipinski definition) is 6. The molecule has 1 unspecified atom stereocenters. The molecule has 1 amide bonds. The number of carbonyl (C=O) groups excluding carboxylic acids is 2. The van der Waals surface area contributed by atoms with E-state index in [9.17, 15) is 14.7 Å². The fourth-order valence-corrected chi connectivity index (χ4v) is 3.69. The van der Waals surface area contributed by atoms with Gasteiger partial charge in [0.2, 0.25) is 0 Å². The number of aliphatic hydroxyl groups excluding tert-OH is 1. The number of carbonyl (C=O) groups is 2. The Bertz CT molecular complexity index is 970. The number of likely N-dealkylation sites (tertiary alicyclic amines) is 1. The van der Waals surface area contributed by atoms with Gasteiger partial charge in [0.25, 0.3) is 11.7 Å². The van der Waals surface area contributed by atoms with Crippen LogP contribution in [-0.2, 0) is 9.59 Å². The van der Waals surface area contributed by atoms with Crippen molar-refractivity contribution in [3.05, 3.63) is 65.0 Å². The second kappa shape index (κ2) is 9.09. The average molecular weight is 409 g/mol.